The molecule has 0 radical (unpaired) electrons. The first-order valence-corrected chi connectivity index (χ1v) is 7.29. The largest absolute Gasteiger partial charge is 0.342 e. The zero-order valence-corrected chi connectivity index (χ0v) is 13.2. The van der Waals surface area contributed by atoms with E-state index in [1.165, 1.54) is 19.1 Å². The summed E-state index contributed by atoms with van der Waals surface area (Å²) in [5.41, 5.74) is 2.35. The Hall–Kier alpha value is -2.69. The molecule has 0 fully saturated rings. The van der Waals surface area contributed by atoms with Gasteiger partial charge in [-0.25, -0.2) is 4.39 Å². The molecule has 2 rings (SSSR count). The average Bonchev–Trinajstić information content (AvgIpc) is 2.49. The van der Waals surface area contributed by atoms with Gasteiger partial charge in [-0.2, -0.15) is 0 Å². The molecule has 0 heterocycles. The second-order valence-corrected chi connectivity index (χ2v) is 5.43. The van der Waals surface area contributed by atoms with Crippen LogP contribution in [0.3, 0.4) is 0 Å². The zero-order valence-electron chi connectivity index (χ0n) is 13.2. The first-order chi connectivity index (χ1) is 10.9. The Morgan fingerprint density at radius 3 is 2.43 bits per heavy atom. The summed E-state index contributed by atoms with van der Waals surface area (Å²) in [7, 11) is 1.72. The molecule has 23 heavy (non-hydrogen) atoms. The molecule has 0 saturated carbocycles. The summed E-state index contributed by atoms with van der Waals surface area (Å²) in [6.45, 7) is 1.99. The molecule has 0 spiro atoms. The molecule has 0 bridgehead atoms. The third kappa shape index (κ3) is 5.21. The van der Waals surface area contributed by atoms with Crippen molar-refractivity contribution in [2.24, 2.45) is 0 Å². The lowest BCUT2D eigenvalue weighted by Crippen LogP contribution is -2.23. The maximum atomic E-state index is 12.8. The molecule has 0 aliphatic heterocycles. The van der Waals surface area contributed by atoms with Crippen molar-refractivity contribution in [2.45, 2.75) is 19.9 Å². The van der Waals surface area contributed by atoms with Crippen LogP contribution in [0.2, 0.25) is 0 Å². The van der Waals surface area contributed by atoms with E-state index in [4.69, 9.17) is 0 Å². The Bertz CT molecular complexity index is 698. The Labute approximate surface area is 134 Å². The Balaban J connectivity index is 1.98. The zero-order chi connectivity index (χ0) is 16.8. The highest BCUT2D eigenvalue weighted by Gasteiger charge is 2.07. The van der Waals surface area contributed by atoms with Crippen molar-refractivity contribution in [2.75, 3.05) is 12.4 Å². The predicted octanol–water partition coefficient (Wildman–Crippen LogP) is 2.99. The summed E-state index contributed by atoms with van der Waals surface area (Å²) in [6.07, 6.45) is 0.178. The normalized spacial score (nSPS) is 10.2. The summed E-state index contributed by atoms with van der Waals surface area (Å²) < 4.78 is 12.8. The van der Waals surface area contributed by atoms with Crippen molar-refractivity contribution in [3.63, 3.8) is 0 Å². The quantitative estimate of drug-likeness (QED) is 0.922. The SMILES string of the molecule is CC(=O)N(C)Cc1cccc(NC(=O)Cc2ccc(F)cc2)c1. The first kappa shape index (κ1) is 16.7. The number of anilines is 1. The van der Waals surface area contributed by atoms with E-state index < -0.39 is 0 Å². The number of carbonyl (C=O) groups excluding carboxylic acids is 2. The smallest absolute Gasteiger partial charge is 0.228 e. The Morgan fingerprint density at radius 1 is 1.09 bits per heavy atom. The standard InChI is InChI=1S/C18H19FN2O2/c1-13(22)21(2)12-15-4-3-5-17(10-15)20-18(23)11-14-6-8-16(19)9-7-14/h3-10H,11-12H2,1-2H3,(H,20,23). The van der Waals surface area contributed by atoms with E-state index in [1.54, 1.807) is 30.1 Å². The van der Waals surface area contributed by atoms with Gasteiger partial charge in [0.1, 0.15) is 5.82 Å². The van der Waals surface area contributed by atoms with E-state index in [9.17, 15) is 14.0 Å². The summed E-state index contributed by atoms with van der Waals surface area (Å²) in [5.74, 6) is -0.513. The van der Waals surface area contributed by atoms with Crippen LogP contribution in [0.15, 0.2) is 48.5 Å². The van der Waals surface area contributed by atoms with Gasteiger partial charge < -0.3 is 10.2 Å². The molecule has 2 amide bonds. The van der Waals surface area contributed by atoms with Crippen molar-refractivity contribution in [1.29, 1.82) is 0 Å². The van der Waals surface area contributed by atoms with Crippen LogP contribution in [0.5, 0.6) is 0 Å². The fraction of sp³-hybridized carbons (Fsp3) is 0.222. The molecule has 0 unspecified atom stereocenters. The molecule has 0 aliphatic carbocycles. The highest BCUT2D eigenvalue weighted by molar-refractivity contribution is 5.92. The maximum Gasteiger partial charge on any atom is 0.228 e. The van der Waals surface area contributed by atoms with E-state index in [2.05, 4.69) is 5.32 Å². The Morgan fingerprint density at radius 2 is 1.78 bits per heavy atom. The summed E-state index contributed by atoms with van der Waals surface area (Å²) >= 11 is 0. The van der Waals surface area contributed by atoms with Crippen LogP contribution in [-0.4, -0.2) is 23.8 Å². The fourth-order valence-corrected chi connectivity index (χ4v) is 2.13. The fourth-order valence-electron chi connectivity index (χ4n) is 2.13. The minimum atomic E-state index is -0.323. The van der Waals surface area contributed by atoms with E-state index in [0.717, 1.165) is 11.1 Å². The molecule has 2 aromatic carbocycles. The van der Waals surface area contributed by atoms with E-state index >= 15 is 0 Å². The predicted molar refractivity (Wildman–Crippen MR) is 87.3 cm³/mol. The number of hydrogen-bond acceptors (Lipinski definition) is 2. The van der Waals surface area contributed by atoms with Gasteiger partial charge >= 0.3 is 0 Å². The lowest BCUT2D eigenvalue weighted by atomic mass is 10.1. The van der Waals surface area contributed by atoms with E-state index in [1.807, 2.05) is 18.2 Å². The van der Waals surface area contributed by atoms with Crippen molar-refractivity contribution < 1.29 is 14.0 Å². The van der Waals surface area contributed by atoms with E-state index in [0.29, 0.717) is 12.2 Å². The van der Waals surface area contributed by atoms with Crippen molar-refractivity contribution in [3.8, 4) is 0 Å². The number of rotatable bonds is 5. The summed E-state index contributed by atoms with van der Waals surface area (Å²) in [6, 6.07) is 13.2. The van der Waals surface area contributed by atoms with Crippen LogP contribution in [0.1, 0.15) is 18.1 Å². The summed E-state index contributed by atoms with van der Waals surface area (Å²) in [4.78, 5) is 24.9. The lowest BCUT2D eigenvalue weighted by Gasteiger charge is -2.15. The van der Waals surface area contributed by atoms with Gasteiger partial charge in [0.25, 0.3) is 0 Å². The second kappa shape index (κ2) is 7.54. The lowest BCUT2D eigenvalue weighted by molar-refractivity contribution is -0.128. The molecule has 120 valence electrons. The van der Waals surface area contributed by atoms with Gasteiger partial charge in [0, 0.05) is 26.2 Å². The number of halogens is 1. The van der Waals surface area contributed by atoms with Gasteiger partial charge in [-0.3, -0.25) is 9.59 Å². The molecule has 0 atom stereocenters. The number of hydrogen-bond donors (Lipinski definition) is 1. The number of benzene rings is 2. The van der Waals surface area contributed by atoms with Crippen LogP contribution in [-0.2, 0) is 22.6 Å². The minimum absolute atomic E-state index is 0.0178. The monoisotopic (exact) mass is 314 g/mol. The van der Waals surface area contributed by atoms with Gasteiger partial charge in [0.2, 0.25) is 11.8 Å². The van der Waals surface area contributed by atoms with Crippen LogP contribution in [0.4, 0.5) is 10.1 Å². The number of amides is 2. The Kier molecular flexibility index (Phi) is 5.46. The van der Waals surface area contributed by atoms with Gasteiger partial charge in [-0.05, 0) is 35.4 Å². The van der Waals surface area contributed by atoms with Crippen LogP contribution in [0, 0.1) is 5.82 Å². The maximum absolute atomic E-state index is 12.8. The molecule has 5 heteroatoms. The second-order valence-electron chi connectivity index (χ2n) is 5.43. The van der Waals surface area contributed by atoms with Crippen molar-refractivity contribution in [3.05, 3.63) is 65.5 Å². The molecule has 0 aliphatic rings. The van der Waals surface area contributed by atoms with Gasteiger partial charge in [-0.1, -0.05) is 24.3 Å². The molecule has 1 N–H and O–H groups in total. The summed E-state index contributed by atoms with van der Waals surface area (Å²) in [5, 5.41) is 2.81. The average molecular weight is 314 g/mol. The highest BCUT2D eigenvalue weighted by Crippen LogP contribution is 2.13. The molecular formula is C18H19FN2O2. The minimum Gasteiger partial charge on any atom is -0.342 e. The first-order valence-electron chi connectivity index (χ1n) is 7.29. The molecule has 0 saturated heterocycles. The van der Waals surface area contributed by atoms with Crippen LogP contribution >= 0.6 is 0 Å². The van der Waals surface area contributed by atoms with Gasteiger partial charge in [-0.15, -0.1) is 0 Å². The third-order valence-corrected chi connectivity index (χ3v) is 3.45. The van der Waals surface area contributed by atoms with Crippen LogP contribution < -0.4 is 5.32 Å². The molecule has 2 aromatic rings. The number of nitrogens with one attached hydrogen (secondary N) is 1. The molecular weight excluding hydrogens is 295 g/mol. The highest BCUT2D eigenvalue weighted by atomic mass is 19.1. The van der Waals surface area contributed by atoms with Gasteiger partial charge in [0.05, 0.1) is 6.42 Å². The number of carbonyl (C=O) groups is 2. The molecule has 0 aromatic heterocycles. The topological polar surface area (TPSA) is 49.4 Å². The van der Waals surface area contributed by atoms with Crippen molar-refractivity contribution >= 4 is 17.5 Å². The van der Waals surface area contributed by atoms with Crippen molar-refractivity contribution in [1.82, 2.24) is 4.90 Å². The van der Waals surface area contributed by atoms with Gasteiger partial charge in [0.15, 0.2) is 0 Å². The number of nitrogens with zero attached hydrogens (tertiary/aromatic N) is 1. The third-order valence-electron chi connectivity index (χ3n) is 3.45. The molecule has 4 nitrogen and oxygen atoms in total. The van der Waals surface area contributed by atoms with Crippen LogP contribution in [0.25, 0.3) is 0 Å². The van der Waals surface area contributed by atoms with E-state index in [-0.39, 0.29) is 24.1 Å².